The Hall–Kier alpha value is -1.68. The van der Waals surface area contributed by atoms with E-state index in [2.05, 4.69) is 17.3 Å². The van der Waals surface area contributed by atoms with Gasteiger partial charge in [-0.05, 0) is 49.9 Å². The van der Waals surface area contributed by atoms with Gasteiger partial charge in [-0.25, -0.2) is 4.39 Å². The zero-order chi connectivity index (χ0) is 15.1. The highest BCUT2D eigenvalue weighted by Gasteiger charge is 2.12. The standard InChI is InChI=1S/C17H24FN3/c1-3-11-19-15(8-9-16-10-12-20-21(16)2)13-14-6-4-5-7-17(14)18/h4-7,10,12,15,19H,3,8-9,11,13H2,1-2H3. The average molecular weight is 289 g/mol. The number of hydrogen-bond donors (Lipinski definition) is 1. The van der Waals surface area contributed by atoms with Crippen LogP contribution in [0.5, 0.6) is 0 Å². The van der Waals surface area contributed by atoms with Crippen molar-refractivity contribution in [2.75, 3.05) is 6.54 Å². The third-order valence-corrected chi connectivity index (χ3v) is 3.78. The molecule has 0 saturated heterocycles. The molecule has 2 rings (SSSR count). The maximum Gasteiger partial charge on any atom is 0.126 e. The molecule has 0 aliphatic carbocycles. The largest absolute Gasteiger partial charge is 0.314 e. The van der Waals surface area contributed by atoms with Crippen LogP contribution < -0.4 is 5.32 Å². The molecule has 1 heterocycles. The quantitative estimate of drug-likeness (QED) is 0.809. The van der Waals surface area contributed by atoms with Crippen molar-refractivity contribution in [2.24, 2.45) is 7.05 Å². The van der Waals surface area contributed by atoms with Crippen molar-refractivity contribution in [2.45, 2.75) is 38.6 Å². The fourth-order valence-electron chi connectivity index (χ4n) is 2.52. The van der Waals surface area contributed by atoms with Gasteiger partial charge in [0.25, 0.3) is 0 Å². The first kappa shape index (κ1) is 15.7. The molecular weight excluding hydrogens is 265 g/mol. The summed E-state index contributed by atoms with van der Waals surface area (Å²) in [4.78, 5) is 0. The summed E-state index contributed by atoms with van der Waals surface area (Å²) in [5, 5.41) is 7.72. The fraction of sp³-hybridized carbons (Fsp3) is 0.471. The van der Waals surface area contributed by atoms with E-state index in [1.807, 2.05) is 36.1 Å². The SMILES string of the molecule is CCCNC(CCc1ccnn1C)Cc1ccccc1F. The Balaban J connectivity index is 1.97. The number of aromatic nitrogens is 2. The summed E-state index contributed by atoms with van der Waals surface area (Å²) in [5.74, 6) is -0.110. The molecule has 0 radical (unpaired) electrons. The molecular formula is C17H24FN3. The molecule has 3 nitrogen and oxygen atoms in total. The molecule has 114 valence electrons. The van der Waals surface area contributed by atoms with Gasteiger partial charge >= 0.3 is 0 Å². The van der Waals surface area contributed by atoms with Gasteiger partial charge in [-0.15, -0.1) is 0 Å². The molecule has 1 atom stereocenters. The van der Waals surface area contributed by atoms with Crippen molar-refractivity contribution in [1.82, 2.24) is 15.1 Å². The van der Waals surface area contributed by atoms with Crippen molar-refractivity contribution < 1.29 is 4.39 Å². The molecule has 1 aromatic heterocycles. The Labute approximate surface area is 126 Å². The van der Waals surface area contributed by atoms with Crippen LogP contribution in [-0.4, -0.2) is 22.4 Å². The Morgan fingerprint density at radius 1 is 1.29 bits per heavy atom. The van der Waals surface area contributed by atoms with Crippen LogP contribution in [0.3, 0.4) is 0 Å². The van der Waals surface area contributed by atoms with E-state index >= 15 is 0 Å². The van der Waals surface area contributed by atoms with Crippen molar-refractivity contribution in [3.8, 4) is 0 Å². The van der Waals surface area contributed by atoms with Gasteiger partial charge in [0, 0.05) is 25.0 Å². The minimum Gasteiger partial charge on any atom is -0.314 e. The molecule has 0 saturated carbocycles. The van der Waals surface area contributed by atoms with Crippen LogP contribution in [0.2, 0.25) is 0 Å². The number of halogens is 1. The smallest absolute Gasteiger partial charge is 0.126 e. The van der Waals surface area contributed by atoms with Crippen LogP contribution in [0.1, 0.15) is 31.0 Å². The highest BCUT2D eigenvalue weighted by Crippen LogP contribution is 2.13. The lowest BCUT2D eigenvalue weighted by molar-refractivity contribution is 0.463. The molecule has 1 aromatic carbocycles. The fourth-order valence-corrected chi connectivity index (χ4v) is 2.52. The van der Waals surface area contributed by atoms with Gasteiger partial charge in [0.05, 0.1) is 0 Å². The Morgan fingerprint density at radius 2 is 2.10 bits per heavy atom. The molecule has 0 fully saturated rings. The summed E-state index contributed by atoms with van der Waals surface area (Å²) in [6.45, 7) is 3.11. The first-order valence-electron chi connectivity index (χ1n) is 7.64. The van der Waals surface area contributed by atoms with Gasteiger partial charge in [0.1, 0.15) is 5.82 Å². The van der Waals surface area contributed by atoms with Crippen LogP contribution >= 0.6 is 0 Å². The molecule has 0 amide bonds. The van der Waals surface area contributed by atoms with Crippen LogP contribution in [0.15, 0.2) is 36.5 Å². The van der Waals surface area contributed by atoms with E-state index in [-0.39, 0.29) is 11.9 Å². The van der Waals surface area contributed by atoms with E-state index in [4.69, 9.17) is 0 Å². The van der Waals surface area contributed by atoms with Crippen LogP contribution in [-0.2, 0) is 19.9 Å². The first-order chi connectivity index (χ1) is 10.2. The second kappa shape index (κ2) is 7.93. The van der Waals surface area contributed by atoms with Crippen molar-refractivity contribution in [3.63, 3.8) is 0 Å². The second-order valence-corrected chi connectivity index (χ2v) is 5.43. The number of nitrogens with one attached hydrogen (secondary N) is 1. The minimum atomic E-state index is -0.110. The summed E-state index contributed by atoms with van der Waals surface area (Å²) in [6.07, 6.45) is 5.56. The number of rotatable bonds is 8. The normalized spacial score (nSPS) is 12.5. The third-order valence-electron chi connectivity index (χ3n) is 3.78. The Morgan fingerprint density at radius 3 is 2.76 bits per heavy atom. The molecule has 0 aliphatic rings. The highest BCUT2D eigenvalue weighted by atomic mass is 19.1. The Bertz CT molecular complexity index is 550. The molecule has 0 aliphatic heterocycles. The van der Waals surface area contributed by atoms with Crippen molar-refractivity contribution in [1.29, 1.82) is 0 Å². The zero-order valence-corrected chi connectivity index (χ0v) is 12.8. The molecule has 4 heteroatoms. The monoisotopic (exact) mass is 289 g/mol. The van der Waals surface area contributed by atoms with Crippen molar-refractivity contribution in [3.05, 3.63) is 53.6 Å². The molecule has 2 aromatic rings. The van der Waals surface area contributed by atoms with Gasteiger partial charge in [-0.1, -0.05) is 25.1 Å². The van der Waals surface area contributed by atoms with E-state index in [1.165, 1.54) is 11.8 Å². The van der Waals surface area contributed by atoms with E-state index in [0.717, 1.165) is 37.8 Å². The lowest BCUT2D eigenvalue weighted by Gasteiger charge is -2.19. The summed E-state index contributed by atoms with van der Waals surface area (Å²) in [5.41, 5.74) is 2.00. The van der Waals surface area contributed by atoms with Gasteiger partial charge in [0.2, 0.25) is 0 Å². The number of hydrogen-bond acceptors (Lipinski definition) is 2. The lowest BCUT2D eigenvalue weighted by Crippen LogP contribution is -2.32. The molecule has 0 bridgehead atoms. The number of aryl methyl sites for hydroxylation is 2. The summed E-state index contributed by atoms with van der Waals surface area (Å²) in [6, 6.07) is 9.38. The number of benzene rings is 1. The van der Waals surface area contributed by atoms with Crippen LogP contribution in [0, 0.1) is 5.82 Å². The van der Waals surface area contributed by atoms with E-state index in [1.54, 1.807) is 6.07 Å². The van der Waals surface area contributed by atoms with Gasteiger partial charge < -0.3 is 5.32 Å². The zero-order valence-electron chi connectivity index (χ0n) is 12.8. The first-order valence-corrected chi connectivity index (χ1v) is 7.64. The van der Waals surface area contributed by atoms with E-state index in [9.17, 15) is 4.39 Å². The average Bonchev–Trinajstić information content (AvgIpc) is 2.89. The molecule has 1 unspecified atom stereocenters. The molecule has 21 heavy (non-hydrogen) atoms. The predicted molar refractivity (Wildman–Crippen MR) is 83.7 cm³/mol. The maximum atomic E-state index is 13.8. The van der Waals surface area contributed by atoms with Gasteiger partial charge in [0.15, 0.2) is 0 Å². The molecule has 1 N–H and O–H groups in total. The van der Waals surface area contributed by atoms with E-state index in [0.29, 0.717) is 0 Å². The summed E-state index contributed by atoms with van der Waals surface area (Å²) in [7, 11) is 1.96. The van der Waals surface area contributed by atoms with Gasteiger partial charge in [-0.2, -0.15) is 5.10 Å². The minimum absolute atomic E-state index is 0.110. The highest BCUT2D eigenvalue weighted by molar-refractivity contribution is 5.18. The topological polar surface area (TPSA) is 29.9 Å². The van der Waals surface area contributed by atoms with Crippen LogP contribution in [0.25, 0.3) is 0 Å². The lowest BCUT2D eigenvalue weighted by atomic mass is 10.00. The molecule has 0 spiro atoms. The third kappa shape index (κ3) is 4.67. The maximum absolute atomic E-state index is 13.8. The summed E-state index contributed by atoms with van der Waals surface area (Å²) < 4.78 is 15.7. The Kier molecular flexibility index (Phi) is 5.93. The van der Waals surface area contributed by atoms with E-state index < -0.39 is 0 Å². The number of nitrogens with zero attached hydrogens (tertiary/aromatic N) is 2. The van der Waals surface area contributed by atoms with Gasteiger partial charge in [-0.3, -0.25) is 4.68 Å². The summed E-state index contributed by atoms with van der Waals surface area (Å²) >= 11 is 0. The van der Waals surface area contributed by atoms with Crippen molar-refractivity contribution >= 4 is 0 Å². The second-order valence-electron chi connectivity index (χ2n) is 5.43. The van der Waals surface area contributed by atoms with Crippen LogP contribution in [0.4, 0.5) is 4.39 Å². The predicted octanol–water partition coefficient (Wildman–Crippen LogP) is 3.10.